The molecular formula is C9H16O3. The van der Waals surface area contributed by atoms with E-state index in [-0.39, 0.29) is 11.9 Å². The highest BCUT2D eigenvalue weighted by Gasteiger charge is 2.16. The van der Waals surface area contributed by atoms with Gasteiger partial charge in [0.25, 0.3) is 0 Å². The van der Waals surface area contributed by atoms with Gasteiger partial charge >= 0.3 is 5.97 Å². The predicted molar refractivity (Wildman–Crippen MR) is 45.7 cm³/mol. The Morgan fingerprint density at radius 3 is 2.42 bits per heavy atom. The van der Waals surface area contributed by atoms with Gasteiger partial charge in [-0.15, -0.1) is 0 Å². The third-order valence-corrected chi connectivity index (χ3v) is 1.51. The van der Waals surface area contributed by atoms with Crippen LogP contribution in [-0.4, -0.2) is 18.4 Å². The first-order chi connectivity index (χ1) is 5.61. The highest BCUT2D eigenvalue weighted by molar-refractivity contribution is 5.72. The zero-order chi connectivity index (χ0) is 9.56. The SMILES string of the molecule is CCCC(=O)OC(C=O)C(C)C. The molecule has 1 unspecified atom stereocenters. The maximum Gasteiger partial charge on any atom is 0.306 e. The molecule has 0 aliphatic carbocycles. The molecule has 0 saturated carbocycles. The van der Waals surface area contributed by atoms with Crippen LogP contribution in [0, 0.1) is 5.92 Å². The number of hydrogen-bond donors (Lipinski definition) is 0. The lowest BCUT2D eigenvalue weighted by Crippen LogP contribution is -2.24. The van der Waals surface area contributed by atoms with E-state index >= 15 is 0 Å². The maximum atomic E-state index is 10.9. The molecule has 3 heteroatoms. The van der Waals surface area contributed by atoms with E-state index in [0.717, 1.165) is 6.42 Å². The molecule has 0 amide bonds. The minimum Gasteiger partial charge on any atom is -0.454 e. The summed E-state index contributed by atoms with van der Waals surface area (Å²) in [6.07, 6.45) is 1.24. The Balaban J connectivity index is 3.85. The maximum absolute atomic E-state index is 10.9. The number of esters is 1. The Morgan fingerprint density at radius 2 is 2.08 bits per heavy atom. The number of rotatable bonds is 5. The standard InChI is InChI=1S/C9H16O3/c1-4-5-9(11)12-8(6-10)7(2)3/h6-8H,4-5H2,1-3H3. The average molecular weight is 172 g/mol. The molecule has 0 N–H and O–H groups in total. The number of ether oxygens (including phenoxy) is 1. The predicted octanol–water partition coefficient (Wildman–Crippen LogP) is 1.55. The van der Waals surface area contributed by atoms with Gasteiger partial charge in [-0.3, -0.25) is 9.59 Å². The van der Waals surface area contributed by atoms with E-state index in [1.807, 2.05) is 20.8 Å². The summed E-state index contributed by atoms with van der Waals surface area (Å²) in [7, 11) is 0. The fraction of sp³-hybridized carbons (Fsp3) is 0.778. The normalized spacial score (nSPS) is 12.7. The van der Waals surface area contributed by atoms with Gasteiger partial charge in [-0.2, -0.15) is 0 Å². The molecule has 0 aromatic heterocycles. The summed E-state index contributed by atoms with van der Waals surface area (Å²) in [6, 6.07) is 0. The van der Waals surface area contributed by atoms with Gasteiger partial charge in [0, 0.05) is 6.42 Å². The van der Waals surface area contributed by atoms with Gasteiger partial charge in [0.1, 0.15) is 0 Å². The zero-order valence-corrected chi connectivity index (χ0v) is 7.87. The summed E-state index contributed by atoms with van der Waals surface area (Å²) >= 11 is 0. The van der Waals surface area contributed by atoms with Gasteiger partial charge in [0.2, 0.25) is 0 Å². The molecule has 0 aromatic rings. The summed E-state index contributed by atoms with van der Waals surface area (Å²) in [4.78, 5) is 21.3. The van der Waals surface area contributed by atoms with Crippen LogP contribution in [0.4, 0.5) is 0 Å². The second kappa shape index (κ2) is 5.75. The molecule has 0 saturated heterocycles. The van der Waals surface area contributed by atoms with Crippen LogP contribution in [0.15, 0.2) is 0 Å². The van der Waals surface area contributed by atoms with Crippen molar-refractivity contribution in [3.05, 3.63) is 0 Å². The summed E-state index contributed by atoms with van der Waals surface area (Å²) < 4.78 is 4.89. The quantitative estimate of drug-likeness (QED) is 0.467. The molecule has 0 heterocycles. The molecule has 0 aliphatic heterocycles. The summed E-state index contributed by atoms with van der Waals surface area (Å²) in [5.41, 5.74) is 0. The van der Waals surface area contributed by atoms with E-state index in [4.69, 9.17) is 4.74 Å². The van der Waals surface area contributed by atoms with Gasteiger partial charge in [-0.05, 0) is 12.3 Å². The Morgan fingerprint density at radius 1 is 1.50 bits per heavy atom. The Bertz CT molecular complexity index is 152. The summed E-state index contributed by atoms with van der Waals surface area (Å²) in [6.45, 7) is 5.59. The van der Waals surface area contributed by atoms with Crippen LogP contribution in [0.25, 0.3) is 0 Å². The van der Waals surface area contributed by atoms with Crippen molar-refractivity contribution in [1.82, 2.24) is 0 Å². The van der Waals surface area contributed by atoms with Gasteiger partial charge in [-0.1, -0.05) is 20.8 Å². The molecule has 1 atom stereocenters. The molecular weight excluding hydrogens is 156 g/mol. The second-order valence-corrected chi connectivity index (χ2v) is 3.08. The molecule has 70 valence electrons. The van der Waals surface area contributed by atoms with E-state index in [9.17, 15) is 9.59 Å². The molecule has 0 bridgehead atoms. The van der Waals surface area contributed by atoms with E-state index in [1.54, 1.807) is 0 Å². The van der Waals surface area contributed by atoms with Crippen molar-refractivity contribution in [1.29, 1.82) is 0 Å². The van der Waals surface area contributed by atoms with Gasteiger partial charge in [-0.25, -0.2) is 0 Å². The highest BCUT2D eigenvalue weighted by Crippen LogP contribution is 2.05. The third-order valence-electron chi connectivity index (χ3n) is 1.51. The summed E-state index contributed by atoms with van der Waals surface area (Å²) in [5, 5.41) is 0. The topological polar surface area (TPSA) is 43.4 Å². The van der Waals surface area contributed by atoms with Gasteiger partial charge in [0.05, 0.1) is 0 Å². The fourth-order valence-electron chi connectivity index (χ4n) is 0.736. The molecule has 0 aromatic carbocycles. The van der Waals surface area contributed by atoms with Crippen LogP contribution in [-0.2, 0) is 14.3 Å². The van der Waals surface area contributed by atoms with Crippen LogP contribution < -0.4 is 0 Å². The molecule has 12 heavy (non-hydrogen) atoms. The van der Waals surface area contributed by atoms with Crippen LogP contribution in [0.2, 0.25) is 0 Å². The summed E-state index contributed by atoms with van der Waals surface area (Å²) in [5.74, 6) is -0.230. The van der Waals surface area contributed by atoms with E-state index in [2.05, 4.69) is 0 Å². The van der Waals surface area contributed by atoms with Crippen molar-refractivity contribution in [2.24, 2.45) is 5.92 Å². The Labute approximate surface area is 73.1 Å². The van der Waals surface area contributed by atoms with E-state index < -0.39 is 6.10 Å². The number of aldehydes is 1. The first kappa shape index (κ1) is 11.1. The average Bonchev–Trinajstić information content (AvgIpc) is 2.00. The van der Waals surface area contributed by atoms with Crippen molar-refractivity contribution >= 4 is 12.3 Å². The Kier molecular flexibility index (Phi) is 5.34. The minimum absolute atomic E-state index is 0.0586. The smallest absolute Gasteiger partial charge is 0.306 e. The molecule has 3 nitrogen and oxygen atoms in total. The van der Waals surface area contributed by atoms with E-state index in [1.165, 1.54) is 0 Å². The lowest BCUT2D eigenvalue weighted by molar-refractivity contribution is -0.154. The zero-order valence-electron chi connectivity index (χ0n) is 7.87. The van der Waals surface area contributed by atoms with Crippen molar-refractivity contribution in [3.63, 3.8) is 0 Å². The first-order valence-electron chi connectivity index (χ1n) is 4.26. The van der Waals surface area contributed by atoms with Crippen molar-refractivity contribution in [3.8, 4) is 0 Å². The minimum atomic E-state index is -0.580. The van der Waals surface area contributed by atoms with Crippen LogP contribution >= 0.6 is 0 Å². The molecule has 0 fully saturated rings. The van der Waals surface area contributed by atoms with Crippen molar-refractivity contribution in [2.75, 3.05) is 0 Å². The number of carbonyl (C=O) groups is 2. The molecule has 0 spiro atoms. The highest BCUT2D eigenvalue weighted by atomic mass is 16.5. The molecule has 0 aliphatic rings. The van der Waals surface area contributed by atoms with Gasteiger partial charge < -0.3 is 4.74 Å². The Hall–Kier alpha value is -0.860. The second-order valence-electron chi connectivity index (χ2n) is 3.08. The monoisotopic (exact) mass is 172 g/mol. The van der Waals surface area contributed by atoms with Crippen LogP contribution in [0.1, 0.15) is 33.6 Å². The molecule has 0 radical (unpaired) electrons. The van der Waals surface area contributed by atoms with Gasteiger partial charge in [0.15, 0.2) is 12.4 Å². The first-order valence-corrected chi connectivity index (χ1v) is 4.26. The number of carbonyl (C=O) groups excluding carboxylic acids is 2. The lowest BCUT2D eigenvalue weighted by Gasteiger charge is -2.14. The van der Waals surface area contributed by atoms with Crippen LogP contribution in [0.3, 0.4) is 0 Å². The van der Waals surface area contributed by atoms with Crippen molar-refractivity contribution < 1.29 is 14.3 Å². The number of hydrogen-bond acceptors (Lipinski definition) is 3. The molecule has 0 rings (SSSR count). The van der Waals surface area contributed by atoms with Crippen molar-refractivity contribution in [2.45, 2.75) is 39.7 Å². The van der Waals surface area contributed by atoms with E-state index in [0.29, 0.717) is 12.7 Å². The lowest BCUT2D eigenvalue weighted by atomic mass is 10.1. The fourth-order valence-corrected chi connectivity index (χ4v) is 0.736. The largest absolute Gasteiger partial charge is 0.454 e. The third kappa shape index (κ3) is 4.11. The van der Waals surface area contributed by atoms with Crippen LogP contribution in [0.5, 0.6) is 0 Å².